The van der Waals surface area contributed by atoms with Gasteiger partial charge in [0, 0.05) is 28.6 Å². The Labute approximate surface area is 192 Å². The highest BCUT2D eigenvalue weighted by molar-refractivity contribution is 9.10. The zero-order valence-corrected chi connectivity index (χ0v) is 20.0. The van der Waals surface area contributed by atoms with Crippen molar-refractivity contribution < 1.29 is 0 Å². The van der Waals surface area contributed by atoms with E-state index in [0.29, 0.717) is 0 Å². The van der Waals surface area contributed by atoms with Crippen molar-refractivity contribution in [3.63, 3.8) is 0 Å². The fourth-order valence-corrected chi connectivity index (χ4v) is 5.20. The van der Waals surface area contributed by atoms with Crippen molar-refractivity contribution in [2.24, 2.45) is 0 Å². The lowest BCUT2D eigenvalue weighted by atomic mass is 9.96. The highest BCUT2D eigenvalue weighted by Crippen LogP contribution is 2.41. The first-order valence-electron chi connectivity index (χ1n) is 10.4. The Balaban J connectivity index is 1.83. The fourth-order valence-electron chi connectivity index (χ4n) is 4.40. The summed E-state index contributed by atoms with van der Waals surface area (Å²) in [6.45, 7) is 7.53. The van der Waals surface area contributed by atoms with Crippen LogP contribution in [0.1, 0.15) is 54.5 Å². The van der Waals surface area contributed by atoms with E-state index in [1.807, 2.05) is 24.4 Å². The van der Waals surface area contributed by atoms with Gasteiger partial charge in [0.25, 0.3) is 0 Å². The van der Waals surface area contributed by atoms with Gasteiger partial charge < -0.3 is 14.8 Å². The monoisotopic (exact) mass is 482 g/mol. The summed E-state index contributed by atoms with van der Waals surface area (Å²) in [5.74, 6) is 0. The molecule has 0 bridgehead atoms. The summed E-state index contributed by atoms with van der Waals surface area (Å²) < 4.78 is 3.41. The zero-order chi connectivity index (χ0) is 21.3. The summed E-state index contributed by atoms with van der Waals surface area (Å²) in [5.41, 5.74) is 5.92. The summed E-state index contributed by atoms with van der Waals surface area (Å²) in [7, 11) is 0. The third-order valence-electron chi connectivity index (χ3n) is 5.83. The lowest BCUT2D eigenvalue weighted by Crippen LogP contribution is -2.30. The van der Waals surface area contributed by atoms with Crippen molar-refractivity contribution in [3.05, 3.63) is 81.8 Å². The molecule has 4 rings (SSSR count). The van der Waals surface area contributed by atoms with Gasteiger partial charge >= 0.3 is 0 Å². The van der Waals surface area contributed by atoms with E-state index in [2.05, 4.69) is 86.8 Å². The molecule has 3 aromatic rings. The largest absolute Gasteiger partial charge is 0.352 e. The molecule has 0 radical (unpaired) electrons. The summed E-state index contributed by atoms with van der Waals surface area (Å²) in [5, 5.41) is 4.38. The number of para-hydroxylation sites is 1. The molecule has 2 unspecified atom stereocenters. The number of aromatic nitrogens is 2. The molecule has 2 aromatic heterocycles. The molecule has 1 fully saturated rings. The summed E-state index contributed by atoms with van der Waals surface area (Å²) in [6, 6.07) is 16.9. The first-order chi connectivity index (χ1) is 14.5. The van der Waals surface area contributed by atoms with Gasteiger partial charge in [-0.2, -0.15) is 0 Å². The molecule has 0 amide bonds. The fraction of sp³-hybridized carbons (Fsp3) is 0.333. The Kier molecular flexibility index (Phi) is 6.25. The third-order valence-corrected chi connectivity index (χ3v) is 6.86. The Hall–Kier alpha value is -2.18. The number of nitrogens with zero attached hydrogens (tertiary/aromatic N) is 3. The van der Waals surface area contributed by atoms with E-state index in [1.165, 1.54) is 17.0 Å². The van der Waals surface area contributed by atoms with Gasteiger partial charge in [0.2, 0.25) is 0 Å². The van der Waals surface area contributed by atoms with E-state index < -0.39 is 0 Å². The molecule has 156 valence electrons. The standard InChI is InChI=1S/C24H27BrN4S/c1-4-5-14-28-23(22(27-24(28)30)20-11-8-9-13-26-20)18-15-16(2)29(17(18)3)21-12-7-6-10-19(21)25/h6-13,15,22-23H,4-5,14H2,1-3H3,(H,27,30). The maximum atomic E-state index is 5.78. The molecular weight excluding hydrogens is 456 g/mol. The molecule has 1 N–H and O–H groups in total. The van der Waals surface area contributed by atoms with Crippen LogP contribution in [0.5, 0.6) is 0 Å². The van der Waals surface area contributed by atoms with Crippen LogP contribution in [-0.2, 0) is 0 Å². The van der Waals surface area contributed by atoms with Crippen LogP contribution in [0, 0.1) is 13.8 Å². The number of aryl methyl sites for hydroxylation is 1. The predicted molar refractivity (Wildman–Crippen MR) is 130 cm³/mol. The SMILES string of the molecule is CCCCN1C(=S)NC(c2ccccn2)C1c1cc(C)n(-c2ccccc2Br)c1C. The smallest absolute Gasteiger partial charge is 0.170 e. The van der Waals surface area contributed by atoms with Crippen LogP contribution in [0.25, 0.3) is 5.69 Å². The van der Waals surface area contributed by atoms with Gasteiger partial charge in [-0.3, -0.25) is 4.98 Å². The van der Waals surface area contributed by atoms with E-state index in [4.69, 9.17) is 12.2 Å². The highest BCUT2D eigenvalue weighted by atomic mass is 79.9. The van der Waals surface area contributed by atoms with Crippen LogP contribution in [0.2, 0.25) is 0 Å². The second-order valence-corrected chi connectivity index (χ2v) is 9.03. The molecule has 1 saturated heterocycles. The van der Waals surface area contributed by atoms with Crippen molar-refractivity contribution in [1.29, 1.82) is 0 Å². The highest BCUT2D eigenvalue weighted by Gasteiger charge is 2.41. The quantitative estimate of drug-likeness (QED) is 0.435. The predicted octanol–water partition coefficient (Wildman–Crippen LogP) is 6.02. The minimum atomic E-state index is 0.0312. The Morgan fingerprint density at radius 3 is 2.60 bits per heavy atom. The first-order valence-corrected chi connectivity index (χ1v) is 11.6. The maximum absolute atomic E-state index is 5.78. The van der Waals surface area contributed by atoms with Crippen molar-refractivity contribution in [2.45, 2.75) is 45.7 Å². The van der Waals surface area contributed by atoms with E-state index in [9.17, 15) is 0 Å². The van der Waals surface area contributed by atoms with Crippen LogP contribution in [0.3, 0.4) is 0 Å². The van der Waals surface area contributed by atoms with E-state index in [1.54, 1.807) is 0 Å². The number of benzene rings is 1. The molecule has 0 saturated carbocycles. The molecule has 3 heterocycles. The van der Waals surface area contributed by atoms with Crippen LogP contribution in [0.4, 0.5) is 0 Å². The van der Waals surface area contributed by atoms with Crippen LogP contribution in [-0.4, -0.2) is 26.1 Å². The van der Waals surface area contributed by atoms with Crippen molar-refractivity contribution >= 4 is 33.3 Å². The van der Waals surface area contributed by atoms with Crippen molar-refractivity contribution in [3.8, 4) is 5.69 Å². The van der Waals surface area contributed by atoms with Gasteiger partial charge in [0.05, 0.1) is 23.5 Å². The van der Waals surface area contributed by atoms with E-state index in [-0.39, 0.29) is 12.1 Å². The average Bonchev–Trinajstić information content (AvgIpc) is 3.23. The topological polar surface area (TPSA) is 33.1 Å². The third kappa shape index (κ3) is 3.79. The van der Waals surface area contributed by atoms with Gasteiger partial charge in [0.1, 0.15) is 0 Å². The van der Waals surface area contributed by atoms with Gasteiger partial charge in [-0.15, -0.1) is 0 Å². The number of unbranched alkanes of at least 4 members (excludes halogenated alkanes) is 1. The van der Waals surface area contributed by atoms with Crippen LogP contribution < -0.4 is 5.32 Å². The Morgan fingerprint density at radius 2 is 1.90 bits per heavy atom. The number of thiocarbonyl (C=S) groups is 1. The normalized spacial score (nSPS) is 18.7. The number of rotatable bonds is 6. The lowest BCUT2D eigenvalue weighted by Gasteiger charge is -2.28. The molecule has 2 atom stereocenters. The molecule has 6 heteroatoms. The maximum Gasteiger partial charge on any atom is 0.170 e. The number of nitrogens with one attached hydrogen (secondary N) is 1. The number of halogens is 1. The molecule has 0 spiro atoms. The van der Waals surface area contributed by atoms with Crippen molar-refractivity contribution in [1.82, 2.24) is 19.8 Å². The Bertz CT molecular complexity index is 1050. The van der Waals surface area contributed by atoms with Gasteiger partial charge in [-0.25, -0.2) is 0 Å². The second-order valence-electron chi connectivity index (χ2n) is 7.79. The lowest BCUT2D eigenvalue weighted by molar-refractivity contribution is 0.312. The van der Waals surface area contributed by atoms with Gasteiger partial charge in [0.15, 0.2) is 5.11 Å². The average molecular weight is 483 g/mol. The minimum Gasteiger partial charge on any atom is -0.352 e. The molecule has 1 aliphatic heterocycles. The molecule has 0 aliphatic carbocycles. The van der Waals surface area contributed by atoms with Gasteiger partial charge in [-0.1, -0.05) is 31.5 Å². The van der Waals surface area contributed by atoms with Crippen LogP contribution >= 0.6 is 28.1 Å². The van der Waals surface area contributed by atoms with Crippen LogP contribution in [0.15, 0.2) is 59.2 Å². The summed E-state index contributed by atoms with van der Waals surface area (Å²) in [6.07, 6.45) is 4.10. The minimum absolute atomic E-state index is 0.0312. The van der Waals surface area contributed by atoms with E-state index in [0.717, 1.165) is 40.4 Å². The van der Waals surface area contributed by atoms with Crippen molar-refractivity contribution in [2.75, 3.05) is 6.54 Å². The van der Waals surface area contributed by atoms with Gasteiger partial charge in [-0.05, 0) is 84.3 Å². The van der Waals surface area contributed by atoms with E-state index >= 15 is 0 Å². The number of hydrogen-bond acceptors (Lipinski definition) is 2. The molecular formula is C24H27BrN4S. The Morgan fingerprint density at radius 1 is 1.13 bits per heavy atom. The molecule has 30 heavy (non-hydrogen) atoms. The molecule has 4 nitrogen and oxygen atoms in total. The second kappa shape index (κ2) is 8.90. The number of hydrogen-bond donors (Lipinski definition) is 1. The number of pyridine rings is 1. The first kappa shape index (κ1) is 21.1. The summed E-state index contributed by atoms with van der Waals surface area (Å²) >= 11 is 9.50. The zero-order valence-electron chi connectivity index (χ0n) is 17.6. The molecule has 1 aliphatic rings. The molecule has 1 aromatic carbocycles. The summed E-state index contributed by atoms with van der Waals surface area (Å²) in [4.78, 5) is 7.01.